The van der Waals surface area contributed by atoms with Gasteiger partial charge in [0.1, 0.15) is 16.6 Å². The maximum atomic E-state index is 14.0. The molecule has 2 fully saturated rings. The van der Waals surface area contributed by atoms with Gasteiger partial charge in [0, 0.05) is 18.5 Å². The fraction of sp³-hybridized carbons (Fsp3) is 0.500. The molecular formula is C18H20F2N2O2S. The Labute approximate surface area is 149 Å². The van der Waals surface area contributed by atoms with E-state index >= 15 is 0 Å². The van der Waals surface area contributed by atoms with Crippen molar-refractivity contribution in [1.82, 2.24) is 9.88 Å². The minimum Gasteiger partial charge on any atom is -0.378 e. The van der Waals surface area contributed by atoms with E-state index in [0.717, 1.165) is 31.0 Å². The molecule has 0 bridgehead atoms. The molecule has 0 aliphatic carbocycles. The Hall–Kier alpha value is -1.41. The van der Waals surface area contributed by atoms with E-state index in [9.17, 15) is 8.78 Å². The highest BCUT2D eigenvalue weighted by Crippen LogP contribution is 2.29. The molecule has 2 saturated heterocycles. The van der Waals surface area contributed by atoms with Gasteiger partial charge in [-0.15, -0.1) is 11.3 Å². The summed E-state index contributed by atoms with van der Waals surface area (Å²) in [6.07, 6.45) is 2.33. The molecule has 3 heterocycles. The van der Waals surface area contributed by atoms with E-state index < -0.39 is 11.6 Å². The lowest BCUT2D eigenvalue weighted by Gasteiger charge is -2.37. The van der Waals surface area contributed by atoms with Crippen LogP contribution in [0.25, 0.3) is 11.3 Å². The zero-order chi connectivity index (χ0) is 17.2. The largest absolute Gasteiger partial charge is 0.378 e. The summed E-state index contributed by atoms with van der Waals surface area (Å²) < 4.78 is 39.4. The number of aromatic nitrogens is 1. The summed E-state index contributed by atoms with van der Waals surface area (Å²) >= 11 is 1.43. The molecule has 0 spiro atoms. The molecule has 4 nitrogen and oxygen atoms in total. The van der Waals surface area contributed by atoms with Crippen molar-refractivity contribution in [3.05, 3.63) is 40.2 Å². The normalized spacial score (nSPS) is 24.7. The van der Waals surface area contributed by atoms with Crippen LogP contribution in [0.1, 0.15) is 17.8 Å². The Kier molecular flexibility index (Phi) is 5.08. The van der Waals surface area contributed by atoms with Crippen molar-refractivity contribution in [3.8, 4) is 11.3 Å². The minimum absolute atomic E-state index is 0.0531. The van der Waals surface area contributed by atoms with Crippen LogP contribution in [0.4, 0.5) is 8.78 Å². The van der Waals surface area contributed by atoms with Crippen LogP contribution in [-0.2, 0) is 16.0 Å². The lowest BCUT2D eigenvalue weighted by molar-refractivity contribution is -0.0685. The SMILES string of the molecule is Fc1cccc(F)c1-c1csc(CN2CCOCC2C2CCCO2)n1. The molecule has 2 atom stereocenters. The Morgan fingerprint density at radius 2 is 2.08 bits per heavy atom. The van der Waals surface area contributed by atoms with E-state index in [4.69, 9.17) is 9.47 Å². The van der Waals surface area contributed by atoms with Crippen LogP contribution in [0, 0.1) is 11.6 Å². The van der Waals surface area contributed by atoms with Gasteiger partial charge in [-0.1, -0.05) is 6.07 Å². The van der Waals surface area contributed by atoms with E-state index in [1.165, 1.54) is 29.5 Å². The summed E-state index contributed by atoms with van der Waals surface area (Å²) in [6, 6.07) is 4.09. The molecule has 2 aliphatic rings. The fourth-order valence-electron chi connectivity index (χ4n) is 3.52. The van der Waals surface area contributed by atoms with Gasteiger partial charge in [-0.2, -0.15) is 0 Å². The molecule has 1 aromatic heterocycles. The summed E-state index contributed by atoms with van der Waals surface area (Å²) in [4.78, 5) is 6.79. The predicted molar refractivity (Wildman–Crippen MR) is 91.5 cm³/mol. The summed E-state index contributed by atoms with van der Waals surface area (Å²) in [5.41, 5.74) is 0.306. The standard InChI is InChI=1S/C18H20F2N2O2S/c19-12-3-1-4-13(20)18(12)14-11-25-17(21-14)9-22-6-8-23-10-15(22)16-5-2-7-24-16/h1,3-4,11,15-16H,2,5-10H2. The third kappa shape index (κ3) is 3.60. The number of hydrogen-bond donors (Lipinski definition) is 0. The molecule has 0 N–H and O–H groups in total. The molecule has 0 radical (unpaired) electrons. The van der Waals surface area contributed by atoms with Gasteiger partial charge in [0.25, 0.3) is 0 Å². The Morgan fingerprint density at radius 3 is 2.84 bits per heavy atom. The Balaban J connectivity index is 1.52. The molecule has 0 amide bonds. The first kappa shape index (κ1) is 17.0. The smallest absolute Gasteiger partial charge is 0.135 e. The topological polar surface area (TPSA) is 34.6 Å². The molecule has 25 heavy (non-hydrogen) atoms. The molecule has 0 saturated carbocycles. The van der Waals surface area contributed by atoms with Gasteiger partial charge in [-0.25, -0.2) is 13.8 Å². The van der Waals surface area contributed by atoms with Gasteiger partial charge in [-0.05, 0) is 25.0 Å². The van der Waals surface area contributed by atoms with Crippen molar-refractivity contribution in [1.29, 1.82) is 0 Å². The van der Waals surface area contributed by atoms with Crippen molar-refractivity contribution in [3.63, 3.8) is 0 Å². The van der Waals surface area contributed by atoms with Crippen LogP contribution in [-0.4, -0.2) is 48.4 Å². The number of halogens is 2. The summed E-state index contributed by atoms with van der Waals surface area (Å²) in [6.45, 7) is 3.61. The maximum Gasteiger partial charge on any atom is 0.135 e. The maximum absolute atomic E-state index is 14.0. The zero-order valence-electron chi connectivity index (χ0n) is 13.8. The molecule has 7 heteroatoms. The summed E-state index contributed by atoms with van der Waals surface area (Å²) in [5.74, 6) is -1.17. The molecule has 4 rings (SSSR count). The number of morpholine rings is 1. The monoisotopic (exact) mass is 366 g/mol. The Bertz CT molecular complexity index is 713. The number of benzene rings is 1. The van der Waals surface area contributed by atoms with E-state index in [2.05, 4.69) is 9.88 Å². The zero-order valence-corrected chi connectivity index (χ0v) is 14.6. The van der Waals surface area contributed by atoms with Crippen molar-refractivity contribution in [2.75, 3.05) is 26.4 Å². The summed E-state index contributed by atoms with van der Waals surface area (Å²) in [7, 11) is 0. The van der Waals surface area contributed by atoms with Gasteiger partial charge in [0.2, 0.25) is 0 Å². The van der Waals surface area contributed by atoms with Crippen LogP contribution >= 0.6 is 11.3 Å². The number of nitrogens with zero attached hydrogens (tertiary/aromatic N) is 2. The van der Waals surface area contributed by atoms with Crippen LogP contribution in [0.15, 0.2) is 23.6 Å². The van der Waals surface area contributed by atoms with Crippen molar-refractivity contribution >= 4 is 11.3 Å². The molecule has 2 unspecified atom stereocenters. The van der Waals surface area contributed by atoms with Gasteiger partial charge in [-0.3, -0.25) is 4.90 Å². The van der Waals surface area contributed by atoms with Gasteiger partial charge < -0.3 is 9.47 Å². The second kappa shape index (κ2) is 7.45. The van der Waals surface area contributed by atoms with Crippen LogP contribution in [0.3, 0.4) is 0 Å². The highest BCUT2D eigenvalue weighted by Gasteiger charge is 2.33. The second-order valence-corrected chi connectivity index (χ2v) is 7.33. The van der Waals surface area contributed by atoms with Crippen LogP contribution < -0.4 is 0 Å². The van der Waals surface area contributed by atoms with Gasteiger partial charge in [0.05, 0.1) is 43.2 Å². The average Bonchev–Trinajstić information content (AvgIpc) is 3.28. The number of hydrogen-bond acceptors (Lipinski definition) is 5. The average molecular weight is 366 g/mol. The van der Waals surface area contributed by atoms with E-state index in [1.807, 2.05) is 0 Å². The highest BCUT2D eigenvalue weighted by molar-refractivity contribution is 7.09. The predicted octanol–water partition coefficient (Wildman–Crippen LogP) is 3.47. The van der Waals surface area contributed by atoms with Crippen molar-refractivity contribution < 1.29 is 18.3 Å². The van der Waals surface area contributed by atoms with E-state index in [0.29, 0.717) is 25.5 Å². The van der Waals surface area contributed by atoms with E-state index in [-0.39, 0.29) is 17.7 Å². The third-order valence-electron chi connectivity index (χ3n) is 4.78. The van der Waals surface area contributed by atoms with E-state index in [1.54, 1.807) is 5.38 Å². The molecule has 1 aromatic carbocycles. The molecule has 134 valence electrons. The number of ether oxygens (including phenoxy) is 2. The second-order valence-electron chi connectivity index (χ2n) is 6.39. The number of thiazole rings is 1. The molecule has 2 aliphatic heterocycles. The Morgan fingerprint density at radius 1 is 1.24 bits per heavy atom. The van der Waals surface area contributed by atoms with Crippen molar-refractivity contribution in [2.24, 2.45) is 0 Å². The third-order valence-corrected chi connectivity index (χ3v) is 5.62. The molecule has 2 aromatic rings. The fourth-order valence-corrected chi connectivity index (χ4v) is 4.33. The summed E-state index contributed by atoms with van der Waals surface area (Å²) in [5, 5.41) is 2.57. The number of rotatable bonds is 4. The first-order valence-electron chi connectivity index (χ1n) is 8.54. The van der Waals surface area contributed by atoms with Crippen molar-refractivity contribution in [2.45, 2.75) is 31.5 Å². The van der Waals surface area contributed by atoms with Crippen LogP contribution in [0.2, 0.25) is 0 Å². The lowest BCUT2D eigenvalue weighted by Crippen LogP contribution is -2.51. The molecular weight excluding hydrogens is 346 g/mol. The highest BCUT2D eigenvalue weighted by atomic mass is 32.1. The lowest BCUT2D eigenvalue weighted by atomic mass is 10.1. The van der Waals surface area contributed by atoms with Gasteiger partial charge in [0.15, 0.2) is 0 Å². The minimum atomic E-state index is -0.583. The first-order valence-corrected chi connectivity index (χ1v) is 9.42. The first-order chi connectivity index (χ1) is 12.2. The van der Waals surface area contributed by atoms with Crippen LogP contribution in [0.5, 0.6) is 0 Å². The quantitative estimate of drug-likeness (QED) is 0.830. The van der Waals surface area contributed by atoms with Gasteiger partial charge >= 0.3 is 0 Å².